The topological polar surface area (TPSA) is 23.6 Å². The largest absolute Gasteiger partial charge is 0.301 e. The Bertz CT molecular complexity index is 220. The van der Waals surface area contributed by atoms with E-state index in [0.29, 0.717) is 11.8 Å². The summed E-state index contributed by atoms with van der Waals surface area (Å²) >= 11 is 0. The van der Waals surface area contributed by atoms with Crippen molar-refractivity contribution >= 4 is 5.78 Å². The Labute approximate surface area is 106 Å². The first kappa shape index (κ1) is 14.7. The number of hydrogen-bond acceptors (Lipinski definition) is 3. The summed E-state index contributed by atoms with van der Waals surface area (Å²) in [5.74, 6) is 0.438. The van der Waals surface area contributed by atoms with Crippen LogP contribution >= 0.6 is 0 Å². The highest BCUT2D eigenvalue weighted by molar-refractivity contribution is 5.78. The second kappa shape index (κ2) is 7.83. The lowest BCUT2D eigenvalue weighted by atomic mass is 10.1. The molecule has 0 atom stereocenters. The van der Waals surface area contributed by atoms with Gasteiger partial charge in [0.2, 0.25) is 0 Å². The van der Waals surface area contributed by atoms with Crippen LogP contribution in [0.4, 0.5) is 0 Å². The number of piperazine rings is 1. The van der Waals surface area contributed by atoms with E-state index in [1.165, 1.54) is 26.2 Å². The van der Waals surface area contributed by atoms with Crippen molar-refractivity contribution in [2.75, 3.05) is 32.7 Å². The van der Waals surface area contributed by atoms with Gasteiger partial charge < -0.3 is 4.90 Å². The highest BCUT2D eigenvalue weighted by atomic mass is 16.1. The van der Waals surface area contributed by atoms with Crippen molar-refractivity contribution in [1.29, 1.82) is 0 Å². The fraction of sp³-hybridized carbons (Fsp3) is 0.929. The van der Waals surface area contributed by atoms with Crippen molar-refractivity contribution in [1.82, 2.24) is 9.80 Å². The third-order valence-electron chi connectivity index (χ3n) is 3.60. The predicted molar refractivity (Wildman–Crippen MR) is 72.3 cm³/mol. The van der Waals surface area contributed by atoms with E-state index >= 15 is 0 Å². The van der Waals surface area contributed by atoms with Crippen LogP contribution in [-0.4, -0.2) is 54.3 Å². The molecule has 0 amide bonds. The van der Waals surface area contributed by atoms with Gasteiger partial charge in [-0.3, -0.25) is 9.69 Å². The second-order valence-electron chi connectivity index (χ2n) is 5.36. The summed E-state index contributed by atoms with van der Waals surface area (Å²) in [6.07, 6.45) is 3.58. The number of carbonyl (C=O) groups is 1. The average molecular weight is 240 g/mol. The molecule has 0 radical (unpaired) electrons. The van der Waals surface area contributed by atoms with Crippen LogP contribution in [0, 0.1) is 0 Å². The molecule has 1 rings (SSSR count). The molecule has 0 aromatic carbocycles. The molecule has 1 aliphatic rings. The van der Waals surface area contributed by atoms with E-state index in [1.807, 2.05) is 0 Å². The third-order valence-corrected chi connectivity index (χ3v) is 3.60. The fourth-order valence-electron chi connectivity index (χ4n) is 2.41. The molecule has 0 saturated carbocycles. The van der Waals surface area contributed by atoms with Crippen LogP contribution in [-0.2, 0) is 4.79 Å². The summed E-state index contributed by atoms with van der Waals surface area (Å²) in [5.41, 5.74) is 0. The molecular formula is C14H28N2O. The average Bonchev–Trinajstić information content (AvgIpc) is 2.30. The maximum Gasteiger partial charge on any atom is 0.132 e. The maximum absolute atomic E-state index is 11.4. The quantitative estimate of drug-likeness (QED) is 0.681. The molecule has 3 heteroatoms. The molecule has 1 saturated heterocycles. The van der Waals surface area contributed by atoms with Crippen LogP contribution in [0.3, 0.4) is 0 Å². The molecule has 0 aromatic heterocycles. The molecule has 1 aliphatic heterocycles. The minimum atomic E-state index is 0.438. The Morgan fingerprint density at radius 1 is 1.12 bits per heavy atom. The Kier molecular flexibility index (Phi) is 6.75. The van der Waals surface area contributed by atoms with Crippen molar-refractivity contribution < 1.29 is 4.79 Å². The van der Waals surface area contributed by atoms with Crippen molar-refractivity contribution in [2.45, 2.75) is 52.5 Å². The smallest absolute Gasteiger partial charge is 0.132 e. The number of carbonyl (C=O) groups excluding carboxylic acids is 1. The number of Topliss-reactive ketones (excluding diaryl/α,β-unsaturated/α-hetero) is 1. The van der Waals surface area contributed by atoms with Crippen molar-refractivity contribution in [3.63, 3.8) is 0 Å². The Morgan fingerprint density at radius 2 is 1.76 bits per heavy atom. The minimum Gasteiger partial charge on any atom is -0.301 e. The zero-order chi connectivity index (χ0) is 12.7. The van der Waals surface area contributed by atoms with E-state index in [-0.39, 0.29) is 0 Å². The summed E-state index contributed by atoms with van der Waals surface area (Å²) in [7, 11) is 0. The summed E-state index contributed by atoms with van der Waals surface area (Å²) < 4.78 is 0. The van der Waals surface area contributed by atoms with Crippen molar-refractivity contribution in [2.24, 2.45) is 0 Å². The van der Waals surface area contributed by atoms with Gasteiger partial charge in [0, 0.05) is 45.1 Å². The van der Waals surface area contributed by atoms with Crippen LogP contribution in [0.15, 0.2) is 0 Å². The van der Waals surface area contributed by atoms with Gasteiger partial charge in [-0.05, 0) is 33.2 Å². The summed E-state index contributed by atoms with van der Waals surface area (Å²) in [6, 6.07) is 0.670. The van der Waals surface area contributed by atoms with E-state index in [4.69, 9.17) is 0 Å². The fourth-order valence-corrected chi connectivity index (χ4v) is 2.41. The van der Waals surface area contributed by atoms with Gasteiger partial charge in [0.25, 0.3) is 0 Å². The van der Waals surface area contributed by atoms with Gasteiger partial charge in [-0.2, -0.15) is 0 Å². The molecule has 0 unspecified atom stereocenters. The monoisotopic (exact) mass is 240 g/mol. The number of rotatable bonds is 7. The molecule has 0 N–H and O–H groups in total. The molecule has 0 aromatic rings. The molecule has 17 heavy (non-hydrogen) atoms. The molecule has 1 heterocycles. The number of hydrogen-bond donors (Lipinski definition) is 0. The van der Waals surface area contributed by atoms with E-state index in [2.05, 4.69) is 30.6 Å². The zero-order valence-corrected chi connectivity index (χ0v) is 11.7. The lowest BCUT2D eigenvalue weighted by Gasteiger charge is -2.36. The second-order valence-corrected chi connectivity index (χ2v) is 5.36. The lowest BCUT2D eigenvalue weighted by Crippen LogP contribution is -2.48. The third kappa shape index (κ3) is 5.64. The SMILES string of the molecule is CCCC(=O)CCCN1CCN(C(C)C)CC1. The van der Waals surface area contributed by atoms with E-state index in [0.717, 1.165) is 32.2 Å². The van der Waals surface area contributed by atoms with Gasteiger partial charge in [0.1, 0.15) is 5.78 Å². The molecule has 3 nitrogen and oxygen atoms in total. The normalized spacial score (nSPS) is 18.8. The Morgan fingerprint density at radius 3 is 2.29 bits per heavy atom. The first-order valence-corrected chi connectivity index (χ1v) is 7.11. The van der Waals surface area contributed by atoms with Gasteiger partial charge in [-0.15, -0.1) is 0 Å². The maximum atomic E-state index is 11.4. The highest BCUT2D eigenvalue weighted by Gasteiger charge is 2.18. The van der Waals surface area contributed by atoms with E-state index < -0.39 is 0 Å². The van der Waals surface area contributed by atoms with Crippen molar-refractivity contribution in [3.8, 4) is 0 Å². The molecule has 0 aliphatic carbocycles. The lowest BCUT2D eigenvalue weighted by molar-refractivity contribution is -0.119. The van der Waals surface area contributed by atoms with Gasteiger partial charge in [0.05, 0.1) is 0 Å². The van der Waals surface area contributed by atoms with Gasteiger partial charge in [-0.25, -0.2) is 0 Å². The minimum absolute atomic E-state index is 0.438. The standard InChI is InChI=1S/C14H28N2O/c1-4-6-14(17)7-5-8-15-9-11-16(12-10-15)13(2)3/h13H,4-12H2,1-3H3. The first-order chi connectivity index (χ1) is 8.13. The number of ketones is 1. The summed E-state index contributed by atoms with van der Waals surface area (Å²) in [4.78, 5) is 16.4. The molecule has 1 fully saturated rings. The van der Waals surface area contributed by atoms with Gasteiger partial charge in [-0.1, -0.05) is 6.92 Å². The predicted octanol–water partition coefficient (Wildman–Crippen LogP) is 2.16. The van der Waals surface area contributed by atoms with Crippen LogP contribution in [0.2, 0.25) is 0 Å². The molecule has 100 valence electrons. The number of nitrogens with zero attached hydrogens (tertiary/aromatic N) is 2. The Balaban J connectivity index is 2.08. The molecule has 0 bridgehead atoms. The zero-order valence-electron chi connectivity index (χ0n) is 11.7. The van der Waals surface area contributed by atoms with Gasteiger partial charge in [0.15, 0.2) is 0 Å². The van der Waals surface area contributed by atoms with Crippen LogP contribution < -0.4 is 0 Å². The van der Waals surface area contributed by atoms with Crippen LogP contribution in [0.25, 0.3) is 0 Å². The molecule has 0 spiro atoms. The van der Waals surface area contributed by atoms with Crippen molar-refractivity contribution in [3.05, 3.63) is 0 Å². The summed E-state index contributed by atoms with van der Waals surface area (Å²) in [6.45, 7) is 12.4. The molecular weight excluding hydrogens is 212 g/mol. The van der Waals surface area contributed by atoms with Crippen LogP contribution in [0.1, 0.15) is 46.5 Å². The first-order valence-electron chi connectivity index (χ1n) is 7.11. The Hall–Kier alpha value is -0.410. The van der Waals surface area contributed by atoms with E-state index in [1.54, 1.807) is 0 Å². The highest BCUT2D eigenvalue weighted by Crippen LogP contribution is 2.07. The van der Waals surface area contributed by atoms with E-state index in [9.17, 15) is 4.79 Å². The van der Waals surface area contributed by atoms with Gasteiger partial charge >= 0.3 is 0 Å². The summed E-state index contributed by atoms with van der Waals surface area (Å²) in [5, 5.41) is 0. The van der Waals surface area contributed by atoms with Crippen LogP contribution in [0.5, 0.6) is 0 Å².